The number of hydrogen-bond donors (Lipinski definition) is 1. The van der Waals surface area contributed by atoms with Gasteiger partial charge in [-0.3, -0.25) is 0 Å². The van der Waals surface area contributed by atoms with Gasteiger partial charge in [-0.25, -0.2) is 14.8 Å². The van der Waals surface area contributed by atoms with Gasteiger partial charge in [0.1, 0.15) is 5.82 Å². The Morgan fingerprint density at radius 2 is 2.24 bits per heavy atom. The van der Waals surface area contributed by atoms with E-state index in [1.54, 1.807) is 6.20 Å². The number of aromatic nitrogens is 2. The Morgan fingerprint density at radius 3 is 3.05 bits per heavy atom. The van der Waals surface area contributed by atoms with Crippen molar-refractivity contribution in [2.75, 3.05) is 26.7 Å². The van der Waals surface area contributed by atoms with E-state index < -0.39 is 0 Å². The lowest BCUT2D eigenvalue weighted by Gasteiger charge is -2.36. The van der Waals surface area contributed by atoms with Gasteiger partial charge in [0.05, 0.1) is 12.2 Å². The number of amides is 2. The largest absolute Gasteiger partial charge is 0.332 e. The van der Waals surface area contributed by atoms with Crippen LogP contribution in [0.4, 0.5) is 4.79 Å². The predicted octanol–water partition coefficient (Wildman–Crippen LogP) is 1.02. The number of likely N-dealkylation sites (N-methyl/N-ethyl adjacent to an activating group) is 1. The zero-order valence-electron chi connectivity index (χ0n) is 12.7. The van der Waals surface area contributed by atoms with E-state index in [0.717, 1.165) is 37.6 Å². The number of likely N-dealkylation sites (tertiary alicyclic amines) is 2. The molecular weight excluding hydrogens is 266 g/mol. The van der Waals surface area contributed by atoms with Crippen molar-refractivity contribution in [2.45, 2.75) is 32.4 Å². The van der Waals surface area contributed by atoms with E-state index in [0.29, 0.717) is 18.5 Å². The van der Waals surface area contributed by atoms with Gasteiger partial charge >= 0.3 is 6.03 Å². The second kappa shape index (κ2) is 5.97. The highest BCUT2D eigenvalue weighted by Crippen LogP contribution is 2.31. The predicted molar refractivity (Wildman–Crippen MR) is 79.7 cm³/mol. The van der Waals surface area contributed by atoms with Crippen molar-refractivity contribution in [1.82, 2.24) is 25.1 Å². The summed E-state index contributed by atoms with van der Waals surface area (Å²) >= 11 is 0. The molecule has 1 N–H and O–H groups in total. The van der Waals surface area contributed by atoms with Crippen molar-refractivity contribution in [3.63, 3.8) is 0 Å². The number of urea groups is 1. The molecule has 21 heavy (non-hydrogen) atoms. The average molecular weight is 289 g/mol. The molecule has 2 aliphatic rings. The second-order valence-corrected chi connectivity index (χ2v) is 6.11. The number of nitrogens with one attached hydrogen (secondary N) is 1. The fourth-order valence-electron chi connectivity index (χ4n) is 3.42. The van der Waals surface area contributed by atoms with Crippen molar-refractivity contribution >= 4 is 6.03 Å². The molecule has 2 aliphatic heterocycles. The molecular formula is C15H23N5O. The third-order valence-electron chi connectivity index (χ3n) is 4.58. The first-order valence-electron chi connectivity index (χ1n) is 7.65. The van der Waals surface area contributed by atoms with Crippen LogP contribution in [0.3, 0.4) is 0 Å². The smallest absolute Gasteiger partial charge is 0.318 e. The minimum Gasteiger partial charge on any atom is -0.332 e. The van der Waals surface area contributed by atoms with Crippen molar-refractivity contribution in [3.8, 4) is 0 Å². The van der Waals surface area contributed by atoms with Crippen molar-refractivity contribution in [2.24, 2.45) is 5.92 Å². The molecule has 0 spiro atoms. The molecule has 114 valence electrons. The van der Waals surface area contributed by atoms with Gasteiger partial charge in [0.2, 0.25) is 0 Å². The summed E-state index contributed by atoms with van der Waals surface area (Å²) in [5, 5.41) is 2.99. The number of hydrogen-bond acceptors (Lipinski definition) is 4. The third-order valence-corrected chi connectivity index (χ3v) is 4.58. The molecule has 1 aromatic rings. The quantitative estimate of drug-likeness (QED) is 0.883. The topological polar surface area (TPSA) is 61.4 Å². The fourth-order valence-corrected chi connectivity index (χ4v) is 3.42. The van der Waals surface area contributed by atoms with E-state index in [1.165, 1.54) is 6.42 Å². The lowest BCUT2D eigenvalue weighted by atomic mass is 9.92. The van der Waals surface area contributed by atoms with E-state index >= 15 is 0 Å². The zero-order chi connectivity index (χ0) is 14.8. The highest BCUT2D eigenvalue weighted by Gasteiger charge is 2.39. The van der Waals surface area contributed by atoms with Crippen LogP contribution in [0.5, 0.6) is 0 Å². The summed E-state index contributed by atoms with van der Waals surface area (Å²) in [5.41, 5.74) is 0.854. The zero-order valence-corrected chi connectivity index (χ0v) is 12.7. The van der Waals surface area contributed by atoms with Crippen molar-refractivity contribution in [1.29, 1.82) is 0 Å². The molecule has 2 saturated heterocycles. The highest BCUT2D eigenvalue weighted by atomic mass is 16.2. The average Bonchev–Trinajstić information content (AvgIpc) is 2.88. The highest BCUT2D eigenvalue weighted by molar-refractivity contribution is 5.75. The maximum Gasteiger partial charge on any atom is 0.318 e. The molecule has 1 aromatic heterocycles. The number of nitrogens with zero attached hydrogens (tertiary/aromatic N) is 4. The summed E-state index contributed by atoms with van der Waals surface area (Å²) in [7, 11) is 2.13. The monoisotopic (exact) mass is 289 g/mol. The number of fused-ring (bicyclic) bond motifs is 1. The number of carbonyl (C=O) groups excluding carboxylic acids is 1. The maximum absolute atomic E-state index is 12.4. The van der Waals surface area contributed by atoms with E-state index in [1.807, 2.05) is 17.9 Å². The van der Waals surface area contributed by atoms with E-state index in [2.05, 4.69) is 27.2 Å². The molecule has 6 nitrogen and oxygen atoms in total. The maximum atomic E-state index is 12.4. The number of aryl methyl sites for hydroxylation is 1. The standard InChI is InChI=1S/C15H23N5O/c1-11-16-6-3-13(18-11)9-17-15(21)20-8-5-12-4-7-19(2)10-14(12)20/h3,6,12,14H,4-5,7-10H2,1-2H3,(H,17,21)/t12-,14-/m1/s1. The molecule has 0 bridgehead atoms. The molecule has 0 unspecified atom stereocenters. The molecule has 2 amide bonds. The molecule has 0 radical (unpaired) electrons. The SMILES string of the molecule is Cc1nccc(CNC(=O)N2CC[C@H]3CCN(C)C[C@H]32)n1. The van der Waals surface area contributed by atoms with E-state index in [-0.39, 0.29) is 6.03 Å². The minimum atomic E-state index is 0.0362. The second-order valence-electron chi connectivity index (χ2n) is 6.11. The van der Waals surface area contributed by atoms with Crippen LogP contribution in [0, 0.1) is 12.8 Å². The van der Waals surface area contributed by atoms with Gasteiger partial charge in [-0.2, -0.15) is 0 Å². The Hall–Kier alpha value is -1.69. The molecule has 6 heteroatoms. The normalized spacial score (nSPS) is 25.7. The van der Waals surface area contributed by atoms with Crippen molar-refractivity contribution in [3.05, 3.63) is 23.8 Å². The molecule has 0 saturated carbocycles. The molecule has 3 heterocycles. The minimum absolute atomic E-state index is 0.0362. The lowest BCUT2D eigenvalue weighted by molar-refractivity contribution is 0.131. The van der Waals surface area contributed by atoms with Gasteiger partial charge in [0.15, 0.2) is 0 Å². The van der Waals surface area contributed by atoms with Crippen LogP contribution in [-0.4, -0.2) is 58.5 Å². The molecule has 0 aliphatic carbocycles. The van der Waals surface area contributed by atoms with Gasteiger partial charge in [-0.05, 0) is 45.3 Å². The third kappa shape index (κ3) is 3.15. The first-order valence-corrected chi connectivity index (χ1v) is 7.65. The molecule has 3 rings (SSSR count). The van der Waals surface area contributed by atoms with Crippen LogP contribution in [0.15, 0.2) is 12.3 Å². The number of piperidine rings is 1. The first-order chi connectivity index (χ1) is 10.1. The summed E-state index contributed by atoms with van der Waals surface area (Å²) in [6.45, 7) is 5.33. The Labute approximate surface area is 125 Å². The van der Waals surface area contributed by atoms with Gasteiger partial charge in [-0.15, -0.1) is 0 Å². The van der Waals surface area contributed by atoms with Crippen LogP contribution in [0.25, 0.3) is 0 Å². The van der Waals surface area contributed by atoms with Crippen molar-refractivity contribution < 1.29 is 4.79 Å². The fraction of sp³-hybridized carbons (Fsp3) is 0.667. The van der Waals surface area contributed by atoms with Gasteiger partial charge in [0, 0.05) is 25.3 Å². The lowest BCUT2D eigenvalue weighted by Crippen LogP contribution is -2.51. The van der Waals surface area contributed by atoms with Crippen LogP contribution < -0.4 is 5.32 Å². The first kappa shape index (κ1) is 14.3. The number of rotatable bonds is 2. The Kier molecular flexibility index (Phi) is 4.05. The van der Waals surface area contributed by atoms with Crippen LogP contribution >= 0.6 is 0 Å². The summed E-state index contributed by atoms with van der Waals surface area (Å²) in [4.78, 5) is 25.1. The molecule has 2 atom stereocenters. The van der Waals surface area contributed by atoms with E-state index in [4.69, 9.17) is 0 Å². The Morgan fingerprint density at radius 1 is 1.43 bits per heavy atom. The summed E-state index contributed by atoms with van der Waals surface area (Å²) in [5.74, 6) is 1.41. The van der Waals surface area contributed by atoms with Crippen LogP contribution in [0.1, 0.15) is 24.4 Å². The van der Waals surface area contributed by atoms with Crippen LogP contribution in [-0.2, 0) is 6.54 Å². The molecule has 2 fully saturated rings. The van der Waals surface area contributed by atoms with E-state index in [9.17, 15) is 4.79 Å². The summed E-state index contributed by atoms with van der Waals surface area (Å²) in [6, 6.07) is 2.25. The summed E-state index contributed by atoms with van der Waals surface area (Å²) < 4.78 is 0. The van der Waals surface area contributed by atoms with Crippen LogP contribution in [0.2, 0.25) is 0 Å². The Bertz CT molecular complexity index is 521. The molecule has 0 aromatic carbocycles. The Balaban J connectivity index is 1.58. The van der Waals surface area contributed by atoms with Gasteiger partial charge < -0.3 is 15.1 Å². The van der Waals surface area contributed by atoms with Gasteiger partial charge in [0.25, 0.3) is 0 Å². The number of carbonyl (C=O) groups is 1. The van der Waals surface area contributed by atoms with Gasteiger partial charge in [-0.1, -0.05) is 0 Å². The summed E-state index contributed by atoms with van der Waals surface area (Å²) in [6.07, 6.45) is 4.07.